The first-order valence-corrected chi connectivity index (χ1v) is 7.64. The predicted octanol–water partition coefficient (Wildman–Crippen LogP) is 5.03. The average Bonchev–Trinajstić information content (AvgIpc) is 2.65. The number of nitrogens with zero attached hydrogens (tertiary/aromatic N) is 2. The maximum atomic E-state index is 6.33. The highest BCUT2D eigenvalue weighted by Crippen LogP contribution is 2.42. The second kappa shape index (κ2) is 4.99. The van der Waals surface area contributed by atoms with Crippen LogP contribution < -0.4 is 0 Å². The van der Waals surface area contributed by atoms with Crippen molar-refractivity contribution < 1.29 is 0 Å². The van der Waals surface area contributed by atoms with Crippen molar-refractivity contribution in [1.29, 1.82) is 0 Å². The Balaban J connectivity index is 2.16. The van der Waals surface area contributed by atoms with E-state index in [4.69, 9.17) is 28.2 Å². The minimum absolute atomic E-state index is 0.657. The largest absolute Gasteiger partial charge is 0.356 e. The minimum Gasteiger partial charge on any atom is -0.356 e. The van der Waals surface area contributed by atoms with Crippen LogP contribution in [0.5, 0.6) is 0 Å². The van der Waals surface area contributed by atoms with Gasteiger partial charge in [0.15, 0.2) is 0 Å². The molecule has 1 saturated heterocycles. The van der Waals surface area contributed by atoms with Crippen LogP contribution in [0.2, 0.25) is 10.0 Å². The Bertz CT molecular complexity index is 564. The van der Waals surface area contributed by atoms with E-state index in [0.29, 0.717) is 10.0 Å². The molecule has 0 atom stereocenters. The van der Waals surface area contributed by atoms with Gasteiger partial charge in [-0.1, -0.05) is 29.6 Å². The smallest absolute Gasteiger partial charge is 0.105 e. The average molecular weight is 297 g/mol. The zero-order chi connectivity index (χ0) is 13.6. The van der Waals surface area contributed by atoms with Crippen LogP contribution in [0.3, 0.4) is 0 Å². The van der Waals surface area contributed by atoms with Crippen LogP contribution in [0.1, 0.15) is 42.4 Å². The van der Waals surface area contributed by atoms with Gasteiger partial charge >= 0.3 is 0 Å². The van der Waals surface area contributed by atoms with Crippen molar-refractivity contribution in [2.45, 2.75) is 46.1 Å². The molecule has 0 spiro atoms. The van der Waals surface area contributed by atoms with Crippen LogP contribution in [0.25, 0.3) is 0 Å². The van der Waals surface area contributed by atoms with Crippen LogP contribution >= 0.6 is 23.2 Å². The second-order valence-corrected chi connectivity index (χ2v) is 6.22. The van der Waals surface area contributed by atoms with Crippen LogP contribution in [-0.4, -0.2) is 17.3 Å². The van der Waals surface area contributed by atoms with Gasteiger partial charge in [0.05, 0.1) is 15.7 Å². The van der Waals surface area contributed by atoms with Crippen molar-refractivity contribution in [2.75, 3.05) is 6.54 Å². The molecule has 1 aromatic rings. The van der Waals surface area contributed by atoms with E-state index in [0.717, 1.165) is 36.3 Å². The van der Waals surface area contributed by atoms with E-state index >= 15 is 0 Å². The Morgan fingerprint density at radius 3 is 2.53 bits per heavy atom. The Kier molecular flexibility index (Phi) is 3.48. The van der Waals surface area contributed by atoms with E-state index in [1.54, 1.807) is 0 Å². The summed E-state index contributed by atoms with van der Waals surface area (Å²) in [5, 5.41) is 1.34. The van der Waals surface area contributed by atoms with Gasteiger partial charge in [-0.05, 0) is 37.8 Å². The Morgan fingerprint density at radius 1 is 1.00 bits per heavy atom. The van der Waals surface area contributed by atoms with Crippen molar-refractivity contribution >= 4 is 34.7 Å². The first-order chi connectivity index (χ1) is 9.09. The second-order valence-electron chi connectivity index (χ2n) is 5.47. The van der Waals surface area contributed by atoms with Crippen LogP contribution in [0, 0.1) is 13.8 Å². The fourth-order valence-electron chi connectivity index (χ4n) is 2.98. The third-order valence-electron chi connectivity index (χ3n) is 4.23. The summed E-state index contributed by atoms with van der Waals surface area (Å²) in [6.07, 6.45) is 4.88. The number of fused-ring (bicyclic) bond motifs is 2. The number of benzene rings is 1. The molecule has 0 unspecified atom stereocenters. The molecule has 0 bridgehead atoms. The third kappa shape index (κ3) is 2.15. The zero-order valence-electron chi connectivity index (χ0n) is 11.4. The minimum atomic E-state index is 0.657. The summed E-state index contributed by atoms with van der Waals surface area (Å²) < 4.78 is 0. The standard InChI is InChI=1S/C15H18Cl2N2/c1-9-11-8-19-7-5-3-4-6-12(19)18-15(11)10(2)14(17)13(9)16/h3-8H2,1-2H3. The molecule has 0 amide bonds. The van der Waals surface area contributed by atoms with E-state index in [-0.39, 0.29) is 0 Å². The SMILES string of the molecule is Cc1c(Cl)c(Cl)c(C)c2c1CN1CCCCCC1=N2. The summed E-state index contributed by atoms with van der Waals surface area (Å²) in [5.41, 5.74) is 4.40. The lowest BCUT2D eigenvalue weighted by Gasteiger charge is -2.31. The molecule has 19 heavy (non-hydrogen) atoms. The van der Waals surface area contributed by atoms with Crippen molar-refractivity contribution in [3.8, 4) is 0 Å². The van der Waals surface area contributed by atoms with Crippen molar-refractivity contribution in [2.24, 2.45) is 4.99 Å². The van der Waals surface area contributed by atoms with Crippen LogP contribution in [0.15, 0.2) is 4.99 Å². The van der Waals surface area contributed by atoms with E-state index < -0.39 is 0 Å². The number of hydrogen-bond acceptors (Lipinski definition) is 2. The number of rotatable bonds is 0. The number of hydrogen-bond donors (Lipinski definition) is 0. The summed E-state index contributed by atoms with van der Waals surface area (Å²) in [6.45, 7) is 6.10. The molecule has 2 aliphatic rings. The van der Waals surface area contributed by atoms with Gasteiger partial charge in [-0.3, -0.25) is 0 Å². The molecule has 0 saturated carbocycles. The molecule has 0 N–H and O–H groups in total. The van der Waals surface area contributed by atoms with Gasteiger partial charge in [-0.25, -0.2) is 4.99 Å². The molecule has 3 rings (SSSR count). The lowest BCUT2D eigenvalue weighted by Crippen LogP contribution is -2.32. The maximum Gasteiger partial charge on any atom is 0.105 e. The monoisotopic (exact) mass is 296 g/mol. The highest BCUT2D eigenvalue weighted by atomic mass is 35.5. The summed E-state index contributed by atoms with van der Waals surface area (Å²) in [7, 11) is 0. The zero-order valence-corrected chi connectivity index (χ0v) is 12.9. The van der Waals surface area contributed by atoms with Crippen molar-refractivity contribution in [3.05, 3.63) is 26.7 Å². The van der Waals surface area contributed by atoms with Gasteiger partial charge < -0.3 is 4.90 Å². The number of amidine groups is 1. The van der Waals surface area contributed by atoms with Gasteiger partial charge in [-0.2, -0.15) is 0 Å². The van der Waals surface area contributed by atoms with Gasteiger partial charge in [0.25, 0.3) is 0 Å². The molecular weight excluding hydrogens is 279 g/mol. The normalized spacial score (nSPS) is 18.5. The Morgan fingerprint density at radius 2 is 1.74 bits per heavy atom. The van der Waals surface area contributed by atoms with Crippen LogP contribution in [0.4, 0.5) is 5.69 Å². The Labute approximate surface area is 124 Å². The highest BCUT2D eigenvalue weighted by Gasteiger charge is 2.26. The van der Waals surface area contributed by atoms with Gasteiger partial charge in [-0.15, -0.1) is 0 Å². The summed E-state index contributed by atoms with van der Waals surface area (Å²) in [5.74, 6) is 1.23. The first-order valence-electron chi connectivity index (χ1n) is 6.89. The summed E-state index contributed by atoms with van der Waals surface area (Å²) in [4.78, 5) is 7.30. The molecule has 2 aliphatic heterocycles. The molecule has 0 aliphatic carbocycles. The van der Waals surface area contributed by atoms with Crippen LogP contribution in [-0.2, 0) is 6.54 Å². The molecule has 2 nitrogen and oxygen atoms in total. The fourth-order valence-corrected chi connectivity index (χ4v) is 3.47. The van der Waals surface area contributed by atoms with E-state index in [2.05, 4.69) is 4.90 Å². The predicted molar refractivity (Wildman–Crippen MR) is 81.9 cm³/mol. The number of aliphatic imine (C=N–C) groups is 1. The first kappa shape index (κ1) is 13.3. The molecule has 0 radical (unpaired) electrons. The van der Waals surface area contributed by atoms with E-state index in [9.17, 15) is 0 Å². The summed E-state index contributed by atoms with van der Waals surface area (Å²) >= 11 is 12.6. The van der Waals surface area contributed by atoms with E-state index in [1.807, 2.05) is 13.8 Å². The lowest BCUT2D eigenvalue weighted by atomic mass is 9.99. The van der Waals surface area contributed by atoms with Gasteiger partial charge in [0, 0.05) is 25.1 Å². The fraction of sp³-hybridized carbons (Fsp3) is 0.533. The molecule has 2 heterocycles. The molecular formula is C15H18Cl2N2. The quantitative estimate of drug-likeness (QED) is 0.655. The molecule has 1 fully saturated rings. The third-order valence-corrected chi connectivity index (χ3v) is 5.27. The van der Waals surface area contributed by atoms with E-state index in [1.165, 1.54) is 30.7 Å². The molecule has 1 aromatic carbocycles. The van der Waals surface area contributed by atoms with Gasteiger partial charge in [0.2, 0.25) is 0 Å². The van der Waals surface area contributed by atoms with Crippen molar-refractivity contribution in [3.63, 3.8) is 0 Å². The number of halogens is 2. The van der Waals surface area contributed by atoms with Crippen molar-refractivity contribution in [1.82, 2.24) is 4.90 Å². The molecule has 0 aromatic heterocycles. The molecule has 4 heteroatoms. The Hall–Kier alpha value is -0.730. The topological polar surface area (TPSA) is 15.6 Å². The summed E-state index contributed by atoms with van der Waals surface area (Å²) in [6, 6.07) is 0. The van der Waals surface area contributed by atoms with Gasteiger partial charge in [0.1, 0.15) is 5.84 Å². The molecule has 102 valence electrons. The maximum absolute atomic E-state index is 6.33. The lowest BCUT2D eigenvalue weighted by molar-refractivity contribution is 0.402. The highest BCUT2D eigenvalue weighted by molar-refractivity contribution is 6.43.